The molecule has 4 heterocycles. The number of aliphatic carboxylic acids is 1. The number of nitrogens with zero attached hydrogens (tertiary/aromatic N) is 5. The van der Waals surface area contributed by atoms with Gasteiger partial charge in [0, 0.05) is 23.0 Å². The number of thioether (sulfide) groups is 2. The van der Waals surface area contributed by atoms with E-state index < -0.39 is 29.2 Å². The first kappa shape index (κ1) is 26.2. The first-order chi connectivity index (χ1) is 17.7. The molecule has 17 heteroatoms. The predicted octanol–water partition coefficient (Wildman–Crippen LogP) is 0.117. The number of nitrogens with one attached hydrogen (secondary N) is 1. The van der Waals surface area contributed by atoms with Crippen LogP contribution in [0.15, 0.2) is 45.6 Å². The maximum absolute atomic E-state index is 13.0. The molecule has 2 aromatic rings. The maximum atomic E-state index is 13.0. The average molecular weight is 564 g/mol. The Balaban J connectivity index is 1.49. The summed E-state index contributed by atoms with van der Waals surface area (Å²) in [6.45, 7) is 3.57. The highest BCUT2D eigenvalue weighted by Crippen LogP contribution is 2.41. The smallest absolute Gasteiger partial charge is 0.352 e. The number of carbonyl (C=O) groups is 3. The van der Waals surface area contributed by atoms with Gasteiger partial charge in [0.2, 0.25) is 5.95 Å². The maximum Gasteiger partial charge on any atom is 0.352 e. The van der Waals surface area contributed by atoms with Crippen molar-refractivity contribution in [3.8, 4) is 0 Å². The molecule has 0 aromatic carbocycles. The lowest BCUT2D eigenvalue weighted by atomic mass is 10.0. The Hall–Kier alpha value is -3.83. The Kier molecular flexibility index (Phi) is 7.84. The minimum Gasteiger partial charge on any atom is -0.477 e. The van der Waals surface area contributed by atoms with Crippen molar-refractivity contribution in [1.82, 2.24) is 25.2 Å². The zero-order valence-corrected chi connectivity index (χ0v) is 21.4. The quantitative estimate of drug-likeness (QED) is 0.0493. The third kappa shape index (κ3) is 5.62. The van der Waals surface area contributed by atoms with E-state index in [-0.39, 0.29) is 46.4 Å². The highest BCUT2D eigenvalue weighted by atomic mass is 32.2. The van der Waals surface area contributed by atoms with Crippen LogP contribution in [-0.4, -0.2) is 78.0 Å². The molecule has 0 bridgehead atoms. The summed E-state index contributed by atoms with van der Waals surface area (Å²) in [5.74, 6) is -1.78. The second kappa shape index (κ2) is 11.1. The fourth-order valence-electron chi connectivity index (χ4n) is 3.46. The van der Waals surface area contributed by atoms with E-state index >= 15 is 0 Å². The molecular formula is C20H21N9O5S3. The lowest BCUT2D eigenvalue weighted by Crippen LogP contribution is -2.71. The topological polar surface area (TPSA) is 225 Å². The fraction of sp³-hybridized carbons (Fsp3) is 0.250. The molecule has 0 spiro atoms. The van der Waals surface area contributed by atoms with Crippen molar-refractivity contribution in [3.05, 3.63) is 41.1 Å². The van der Waals surface area contributed by atoms with Crippen molar-refractivity contribution in [3.63, 3.8) is 0 Å². The van der Waals surface area contributed by atoms with Crippen molar-refractivity contribution >= 4 is 75.3 Å². The number of rotatable bonds is 10. The minimum atomic E-state index is -1.25. The van der Waals surface area contributed by atoms with Gasteiger partial charge in [-0.05, 0) is 5.57 Å². The molecule has 194 valence electrons. The number of amides is 2. The highest BCUT2D eigenvalue weighted by molar-refractivity contribution is 8.01. The number of nitrogens with two attached hydrogens (primary N) is 3. The summed E-state index contributed by atoms with van der Waals surface area (Å²) in [7, 11) is 0. The normalized spacial score (nSPS) is 19.2. The number of carboxylic acid groups (broad SMARTS) is 1. The lowest BCUT2D eigenvalue weighted by molar-refractivity contribution is -0.150. The van der Waals surface area contributed by atoms with E-state index in [9.17, 15) is 19.5 Å². The van der Waals surface area contributed by atoms with Gasteiger partial charge < -0.3 is 32.5 Å². The SMILES string of the molecule is C=CCO/N=C(\C(=O)NC1C(=O)N2C(C(=O)O)=C(CSc3cc(N)nc(N)n3)CSC12)c1csc(N)n1. The fourth-order valence-corrected chi connectivity index (χ4v) is 6.40. The minimum absolute atomic E-state index is 0.00247. The zero-order valence-electron chi connectivity index (χ0n) is 19.0. The summed E-state index contributed by atoms with van der Waals surface area (Å²) in [6, 6.07) is 0.553. The van der Waals surface area contributed by atoms with Crippen LogP contribution < -0.4 is 22.5 Å². The second-order valence-electron chi connectivity index (χ2n) is 7.49. The lowest BCUT2D eigenvalue weighted by Gasteiger charge is -2.49. The Morgan fingerprint density at radius 3 is 2.78 bits per heavy atom. The van der Waals surface area contributed by atoms with Gasteiger partial charge in [0.1, 0.15) is 40.3 Å². The van der Waals surface area contributed by atoms with Crippen LogP contribution in [-0.2, 0) is 19.2 Å². The van der Waals surface area contributed by atoms with E-state index in [1.54, 1.807) is 0 Å². The predicted molar refractivity (Wildman–Crippen MR) is 140 cm³/mol. The van der Waals surface area contributed by atoms with E-state index in [0.29, 0.717) is 16.4 Å². The Morgan fingerprint density at radius 1 is 1.35 bits per heavy atom. The van der Waals surface area contributed by atoms with Crippen LogP contribution in [0.4, 0.5) is 16.9 Å². The van der Waals surface area contributed by atoms with E-state index in [4.69, 9.17) is 22.0 Å². The molecule has 4 rings (SSSR count). The number of fused-ring (bicyclic) bond motifs is 1. The average Bonchev–Trinajstić information content (AvgIpc) is 3.28. The van der Waals surface area contributed by atoms with Crippen molar-refractivity contribution in [2.45, 2.75) is 16.4 Å². The third-order valence-corrected chi connectivity index (χ3v) is 8.01. The van der Waals surface area contributed by atoms with Crippen LogP contribution in [0.5, 0.6) is 0 Å². The van der Waals surface area contributed by atoms with E-state index in [0.717, 1.165) is 11.3 Å². The Labute approximate surface area is 222 Å². The summed E-state index contributed by atoms with van der Waals surface area (Å²) in [5.41, 5.74) is 17.4. The number of anilines is 3. The number of hydrogen-bond acceptors (Lipinski definition) is 14. The zero-order chi connectivity index (χ0) is 26.7. The molecular weight excluding hydrogens is 542 g/mol. The van der Waals surface area contributed by atoms with Gasteiger partial charge in [0.05, 0.1) is 0 Å². The highest BCUT2D eigenvalue weighted by Gasteiger charge is 2.54. The number of carboxylic acids is 1. The second-order valence-corrected chi connectivity index (χ2v) is 10.5. The van der Waals surface area contributed by atoms with Gasteiger partial charge in [0.25, 0.3) is 11.8 Å². The third-order valence-electron chi connectivity index (χ3n) is 5.00. The van der Waals surface area contributed by atoms with E-state index in [1.807, 2.05) is 0 Å². The number of β-lactam (4-membered cyclic amide) rings is 1. The van der Waals surface area contributed by atoms with Crippen molar-refractivity contribution in [2.24, 2.45) is 5.16 Å². The van der Waals surface area contributed by atoms with Gasteiger partial charge in [0.15, 0.2) is 10.8 Å². The molecule has 2 atom stereocenters. The van der Waals surface area contributed by atoms with Crippen molar-refractivity contribution < 1.29 is 24.3 Å². The summed E-state index contributed by atoms with van der Waals surface area (Å²) >= 11 is 3.66. The molecule has 1 saturated heterocycles. The molecule has 14 nitrogen and oxygen atoms in total. The van der Waals surface area contributed by atoms with Crippen LogP contribution in [0.3, 0.4) is 0 Å². The summed E-state index contributed by atoms with van der Waals surface area (Å²) in [6.07, 6.45) is 1.45. The Morgan fingerprint density at radius 2 is 2.14 bits per heavy atom. The first-order valence-electron chi connectivity index (χ1n) is 10.5. The van der Waals surface area contributed by atoms with E-state index in [1.165, 1.54) is 45.9 Å². The number of hydrogen-bond donors (Lipinski definition) is 5. The van der Waals surface area contributed by atoms with Crippen LogP contribution in [0.1, 0.15) is 5.69 Å². The number of nitrogen functional groups attached to an aromatic ring is 3. The van der Waals surface area contributed by atoms with Crippen molar-refractivity contribution in [2.75, 3.05) is 35.3 Å². The van der Waals surface area contributed by atoms with Gasteiger partial charge in [-0.3, -0.25) is 14.5 Å². The standard InChI is InChI=1S/C20H21N9O5S3/c1-2-3-34-28-12(9-7-37-20(23)24-9)15(30)27-13-16(31)29-14(18(32)33)8(6-36-17(13)29)5-35-11-4-10(21)25-19(22)26-11/h2,4,7,13,17H,1,3,5-6H2,(H2,23,24)(H,27,30)(H,32,33)(H4,21,22,25,26)/b28-12-. The monoisotopic (exact) mass is 563 g/mol. The molecule has 2 aliphatic heterocycles. The number of aromatic nitrogens is 3. The van der Waals surface area contributed by atoms with Gasteiger partial charge in [-0.15, -0.1) is 34.9 Å². The van der Waals surface area contributed by atoms with Crippen LogP contribution >= 0.6 is 34.9 Å². The van der Waals surface area contributed by atoms with Gasteiger partial charge in [-0.25, -0.2) is 14.8 Å². The van der Waals surface area contributed by atoms with E-state index in [2.05, 4.69) is 32.0 Å². The molecule has 2 amide bonds. The number of thiazole rings is 1. The summed E-state index contributed by atoms with van der Waals surface area (Å²) in [4.78, 5) is 56.3. The van der Waals surface area contributed by atoms with Gasteiger partial charge in [-0.2, -0.15) is 4.98 Å². The molecule has 2 aliphatic rings. The molecule has 1 fully saturated rings. The molecule has 2 unspecified atom stereocenters. The molecule has 0 aliphatic carbocycles. The number of carbonyl (C=O) groups excluding carboxylic acids is 2. The van der Waals surface area contributed by atoms with Crippen molar-refractivity contribution in [1.29, 1.82) is 0 Å². The molecule has 0 radical (unpaired) electrons. The molecule has 8 N–H and O–H groups in total. The van der Waals surface area contributed by atoms with Gasteiger partial charge >= 0.3 is 5.97 Å². The molecule has 0 saturated carbocycles. The molecule has 37 heavy (non-hydrogen) atoms. The van der Waals surface area contributed by atoms with Gasteiger partial charge in [-0.1, -0.05) is 17.8 Å². The molecule has 2 aromatic heterocycles. The summed E-state index contributed by atoms with van der Waals surface area (Å²) in [5, 5.41) is 17.9. The Bertz CT molecular complexity index is 1310. The van der Waals surface area contributed by atoms with Crippen LogP contribution in [0, 0.1) is 0 Å². The van der Waals surface area contributed by atoms with Crippen LogP contribution in [0.25, 0.3) is 0 Å². The summed E-state index contributed by atoms with van der Waals surface area (Å²) < 4.78 is 0. The van der Waals surface area contributed by atoms with Crippen LogP contribution in [0.2, 0.25) is 0 Å². The first-order valence-corrected chi connectivity index (χ1v) is 13.4. The number of oxime groups is 1. The largest absolute Gasteiger partial charge is 0.477 e.